The van der Waals surface area contributed by atoms with E-state index >= 15 is 0 Å². The summed E-state index contributed by atoms with van der Waals surface area (Å²) in [5.74, 6) is 0. The molecule has 1 aromatic heterocycles. The molecule has 1 heterocycles. The minimum atomic E-state index is 0.270. The molecule has 1 aromatic carbocycles. The van der Waals surface area contributed by atoms with Gasteiger partial charge >= 0.3 is 0 Å². The lowest BCUT2D eigenvalue weighted by atomic mass is 10.1. The quantitative estimate of drug-likeness (QED) is 0.875. The number of rotatable bonds is 3. The largest absolute Gasteiger partial charge is 0.378 e. The predicted octanol–water partition coefficient (Wildman–Crippen LogP) is 3.21. The number of hydrogen-bond acceptors (Lipinski definition) is 2. The summed E-state index contributed by atoms with van der Waals surface area (Å²) in [7, 11) is 1.99. The van der Waals surface area contributed by atoms with Crippen LogP contribution in [-0.4, -0.2) is 9.78 Å². The van der Waals surface area contributed by atoms with Gasteiger partial charge in [0.1, 0.15) is 0 Å². The minimum absolute atomic E-state index is 0.270. The standard InChI is InChI=1S/C14H19N3/c1-10(15-13-8-6-5-7-9-13)14-11(2)16-17(4)12(14)3/h5-10,15H,1-4H3. The highest BCUT2D eigenvalue weighted by Crippen LogP contribution is 2.24. The summed E-state index contributed by atoms with van der Waals surface area (Å²) in [4.78, 5) is 0. The summed E-state index contributed by atoms with van der Waals surface area (Å²) in [6.07, 6.45) is 0. The summed E-state index contributed by atoms with van der Waals surface area (Å²) in [5.41, 5.74) is 4.75. The Bertz CT molecular complexity index is 500. The van der Waals surface area contributed by atoms with E-state index in [0.29, 0.717) is 0 Å². The van der Waals surface area contributed by atoms with Crippen molar-refractivity contribution in [2.75, 3.05) is 5.32 Å². The number of benzene rings is 1. The second-order valence-electron chi connectivity index (χ2n) is 4.44. The maximum absolute atomic E-state index is 4.45. The maximum atomic E-state index is 4.45. The molecule has 0 aliphatic rings. The lowest BCUT2D eigenvalue weighted by Crippen LogP contribution is -2.08. The van der Waals surface area contributed by atoms with Crippen molar-refractivity contribution in [1.29, 1.82) is 0 Å². The van der Waals surface area contributed by atoms with E-state index in [1.165, 1.54) is 11.3 Å². The van der Waals surface area contributed by atoms with E-state index in [1.54, 1.807) is 0 Å². The SMILES string of the molecule is Cc1nn(C)c(C)c1C(C)Nc1ccccc1. The van der Waals surface area contributed by atoms with Gasteiger partial charge in [-0.2, -0.15) is 5.10 Å². The molecular formula is C14H19N3. The van der Waals surface area contributed by atoms with Crippen LogP contribution < -0.4 is 5.32 Å². The van der Waals surface area contributed by atoms with Crippen molar-refractivity contribution in [3.05, 3.63) is 47.3 Å². The van der Waals surface area contributed by atoms with E-state index in [2.05, 4.69) is 43.3 Å². The van der Waals surface area contributed by atoms with Crippen molar-refractivity contribution >= 4 is 5.69 Å². The van der Waals surface area contributed by atoms with Crippen LogP contribution in [0.15, 0.2) is 30.3 Å². The highest BCUT2D eigenvalue weighted by molar-refractivity contribution is 5.46. The molecule has 1 N–H and O–H groups in total. The average molecular weight is 229 g/mol. The van der Waals surface area contributed by atoms with Crippen LogP contribution in [0.3, 0.4) is 0 Å². The molecule has 1 unspecified atom stereocenters. The normalized spacial score (nSPS) is 12.5. The predicted molar refractivity (Wildman–Crippen MR) is 71.2 cm³/mol. The molecule has 0 bridgehead atoms. The molecule has 3 nitrogen and oxygen atoms in total. The maximum Gasteiger partial charge on any atom is 0.0649 e. The van der Waals surface area contributed by atoms with Crippen LogP contribution in [-0.2, 0) is 7.05 Å². The van der Waals surface area contributed by atoms with E-state index in [4.69, 9.17) is 0 Å². The van der Waals surface area contributed by atoms with Gasteiger partial charge in [-0.3, -0.25) is 4.68 Å². The van der Waals surface area contributed by atoms with Gasteiger partial charge in [0.25, 0.3) is 0 Å². The van der Waals surface area contributed by atoms with Gasteiger partial charge in [-0.25, -0.2) is 0 Å². The highest BCUT2D eigenvalue weighted by Gasteiger charge is 2.15. The molecule has 2 rings (SSSR count). The van der Waals surface area contributed by atoms with Crippen LogP contribution >= 0.6 is 0 Å². The lowest BCUT2D eigenvalue weighted by molar-refractivity contribution is 0.728. The monoisotopic (exact) mass is 229 g/mol. The number of nitrogens with one attached hydrogen (secondary N) is 1. The number of nitrogens with zero attached hydrogens (tertiary/aromatic N) is 2. The van der Waals surface area contributed by atoms with Gasteiger partial charge < -0.3 is 5.32 Å². The van der Waals surface area contributed by atoms with Crippen molar-refractivity contribution in [1.82, 2.24) is 9.78 Å². The molecule has 1 atom stereocenters. The van der Waals surface area contributed by atoms with Crippen LogP contribution in [0.4, 0.5) is 5.69 Å². The Labute approximate surface area is 102 Å². The van der Waals surface area contributed by atoms with Gasteiger partial charge in [-0.05, 0) is 32.9 Å². The molecule has 0 radical (unpaired) electrons. The molecule has 17 heavy (non-hydrogen) atoms. The minimum Gasteiger partial charge on any atom is -0.378 e. The Morgan fingerprint density at radius 2 is 1.82 bits per heavy atom. The van der Waals surface area contributed by atoms with Gasteiger partial charge in [0.2, 0.25) is 0 Å². The number of aromatic nitrogens is 2. The number of hydrogen-bond donors (Lipinski definition) is 1. The number of anilines is 1. The summed E-state index contributed by atoms with van der Waals surface area (Å²) in [6.45, 7) is 6.34. The molecule has 0 aliphatic heterocycles. The number of para-hydroxylation sites is 1. The Hall–Kier alpha value is -1.77. The fourth-order valence-corrected chi connectivity index (χ4v) is 2.27. The van der Waals surface area contributed by atoms with Crippen molar-refractivity contribution in [3.8, 4) is 0 Å². The van der Waals surface area contributed by atoms with Crippen LogP contribution in [0.1, 0.15) is 29.9 Å². The third-order valence-electron chi connectivity index (χ3n) is 3.15. The summed E-state index contributed by atoms with van der Waals surface area (Å²) in [5, 5.41) is 7.95. The second kappa shape index (κ2) is 4.62. The van der Waals surface area contributed by atoms with Gasteiger partial charge in [0, 0.05) is 24.0 Å². The first-order chi connectivity index (χ1) is 8.09. The topological polar surface area (TPSA) is 29.9 Å². The zero-order valence-electron chi connectivity index (χ0n) is 10.9. The smallest absolute Gasteiger partial charge is 0.0649 e. The Morgan fingerprint density at radius 3 is 2.35 bits per heavy atom. The average Bonchev–Trinajstić information content (AvgIpc) is 2.54. The van der Waals surface area contributed by atoms with E-state index < -0.39 is 0 Å². The zero-order chi connectivity index (χ0) is 12.4. The van der Waals surface area contributed by atoms with E-state index in [9.17, 15) is 0 Å². The Kier molecular flexibility index (Phi) is 3.18. The molecule has 3 heteroatoms. The van der Waals surface area contributed by atoms with E-state index in [1.807, 2.05) is 29.9 Å². The first-order valence-electron chi connectivity index (χ1n) is 5.91. The molecule has 0 saturated carbocycles. The number of aryl methyl sites for hydroxylation is 2. The van der Waals surface area contributed by atoms with Crippen molar-refractivity contribution in [2.45, 2.75) is 26.8 Å². The Morgan fingerprint density at radius 1 is 1.18 bits per heavy atom. The molecule has 90 valence electrons. The first-order valence-corrected chi connectivity index (χ1v) is 5.91. The fourth-order valence-electron chi connectivity index (χ4n) is 2.27. The summed E-state index contributed by atoms with van der Waals surface area (Å²) < 4.78 is 1.94. The second-order valence-corrected chi connectivity index (χ2v) is 4.44. The summed E-state index contributed by atoms with van der Waals surface area (Å²) in [6, 6.07) is 10.5. The Balaban J connectivity index is 2.23. The molecular weight excluding hydrogens is 210 g/mol. The molecule has 0 saturated heterocycles. The van der Waals surface area contributed by atoms with Crippen LogP contribution in [0.2, 0.25) is 0 Å². The van der Waals surface area contributed by atoms with Gasteiger partial charge in [0.05, 0.1) is 11.7 Å². The first kappa shape index (κ1) is 11.7. The molecule has 2 aromatic rings. The van der Waals surface area contributed by atoms with Crippen molar-refractivity contribution in [3.63, 3.8) is 0 Å². The van der Waals surface area contributed by atoms with Gasteiger partial charge in [-0.1, -0.05) is 18.2 Å². The highest BCUT2D eigenvalue weighted by atomic mass is 15.3. The summed E-state index contributed by atoms with van der Waals surface area (Å²) >= 11 is 0. The van der Waals surface area contributed by atoms with E-state index in [0.717, 1.165) is 11.4 Å². The van der Waals surface area contributed by atoms with Crippen molar-refractivity contribution < 1.29 is 0 Å². The third-order valence-corrected chi connectivity index (χ3v) is 3.15. The fraction of sp³-hybridized carbons (Fsp3) is 0.357. The molecule has 0 aliphatic carbocycles. The van der Waals surface area contributed by atoms with Crippen LogP contribution in [0.5, 0.6) is 0 Å². The third kappa shape index (κ3) is 2.33. The molecule has 0 spiro atoms. The van der Waals surface area contributed by atoms with Gasteiger partial charge in [-0.15, -0.1) is 0 Å². The van der Waals surface area contributed by atoms with Crippen molar-refractivity contribution in [2.24, 2.45) is 7.05 Å². The molecule has 0 fully saturated rings. The lowest BCUT2D eigenvalue weighted by Gasteiger charge is -2.16. The zero-order valence-corrected chi connectivity index (χ0v) is 10.9. The van der Waals surface area contributed by atoms with Gasteiger partial charge in [0.15, 0.2) is 0 Å². The molecule has 0 amide bonds. The van der Waals surface area contributed by atoms with Crippen LogP contribution in [0.25, 0.3) is 0 Å². The van der Waals surface area contributed by atoms with Crippen LogP contribution in [0, 0.1) is 13.8 Å². The van der Waals surface area contributed by atoms with E-state index in [-0.39, 0.29) is 6.04 Å².